The van der Waals surface area contributed by atoms with Gasteiger partial charge in [-0.15, -0.1) is 0 Å². The second kappa shape index (κ2) is 7.41. The molecule has 1 fully saturated rings. The summed E-state index contributed by atoms with van der Waals surface area (Å²) in [6.45, 7) is 2.40. The zero-order chi connectivity index (χ0) is 19.7. The van der Waals surface area contributed by atoms with Gasteiger partial charge < -0.3 is 10.3 Å². The van der Waals surface area contributed by atoms with E-state index in [1.165, 1.54) is 6.92 Å². The zero-order valence-corrected chi connectivity index (χ0v) is 16.5. The van der Waals surface area contributed by atoms with Crippen LogP contribution >= 0.6 is 0 Å². The van der Waals surface area contributed by atoms with Crippen molar-refractivity contribution in [2.45, 2.75) is 30.6 Å². The topological polar surface area (TPSA) is 82.3 Å². The highest BCUT2D eigenvalue weighted by Gasteiger charge is 2.31. The summed E-state index contributed by atoms with van der Waals surface area (Å²) in [6.07, 6.45) is 1.78. The lowest BCUT2D eigenvalue weighted by Gasteiger charge is -2.31. The molecule has 1 amide bonds. The lowest BCUT2D eigenvalue weighted by atomic mass is 9.96. The van der Waals surface area contributed by atoms with Gasteiger partial charge in [-0.2, -0.15) is 4.31 Å². The largest absolute Gasteiger partial charge is 0.358 e. The predicted octanol–water partition coefficient (Wildman–Crippen LogP) is 3.69. The van der Waals surface area contributed by atoms with Crippen molar-refractivity contribution in [3.05, 3.63) is 60.3 Å². The molecule has 0 unspecified atom stereocenters. The number of piperidine rings is 1. The predicted molar refractivity (Wildman–Crippen MR) is 110 cm³/mol. The molecule has 0 bridgehead atoms. The van der Waals surface area contributed by atoms with E-state index in [0.717, 1.165) is 29.4 Å². The molecular weight excluding hydrogens is 374 g/mol. The van der Waals surface area contributed by atoms with E-state index in [-0.39, 0.29) is 16.7 Å². The fraction of sp³-hybridized carbons (Fsp3) is 0.286. The van der Waals surface area contributed by atoms with E-state index in [2.05, 4.69) is 22.4 Å². The lowest BCUT2D eigenvalue weighted by Crippen LogP contribution is -2.39. The first-order valence-electron chi connectivity index (χ1n) is 9.39. The molecule has 28 heavy (non-hydrogen) atoms. The van der Waals surface area contributed by atoms with Crippen LogP contribution in [0.15, 0.2) is 59.5 Å². The Morgan fingerprint density at radius 2 is 1.89 bits per heavy atom. The van der Waals surface area contributed by atoms with Crippen molar-refractivity contribution < 1.29 is 13.2 Å². The highest BCUT2D eigenvalue weighted by Crippen LogP contribution is 2.31. The van der Waals surface area contributed by atoms with Gasteiger partial charge in [0.15, 0.2) is 0 Å². The first kappa shape index (κ1) is 18.7. The average Bonchev–Trinajstić information content (AvgIpc) is 3.12. The molecule has 4 rings (SSSR count). The van der Waals surface area contributed by atoms with Crippen LogP contribution in [-0.2, 0) is 14.8 Å². The van der Waals surface area contributed by atoms with Crippen molar-refractivity contribution in [1.29, 1.82) is 0 Å². The van der Waals surface area contributed by atoms with Gasteiger partial charge in [-0.05, 0) is 54.6 Å². The number of nitrogens with zero attached hydrogens (tertiary/aromatic N) is 1. The molecule has 6 nitrogen and oxygen atoms in total. The van der Waals surface area contributed by atoms with Gasteiger partial charge in [0.05, 0.1) is 4.90 Å². The van der Waals surface area contributed by atoms with Crippen LogP contribution in [0.1, 0.15) is 31.4 Å². The SMILES string of the molecule is CC(=O)Nc1ccc(S(=O)(=O)N2CCC[C@@H](c3cc4ccccc4[nH]3)C2)cc1. The zero-order valence-electron chi connectivity index (χ0n) is 15.7. The average molecular weight is 398 g/mol. The Labute approximate surface area is 164 Å². The van der Waals surface area contributed by atoms with Crippen molar-refractivity contribution in [1.82, 2.24) is 9.29 Å². The number of carbonyl (C=O) groups excluding carboxylic acids is 1. The van der Waals surface area contributed by atoms with E-state index < -0.39 is 10.0 Å². The fourth-order valence-corrected chi connectivity index (χ4v) is 5.32. The van der Waals surface area contributed by atoms with Gasteiger partial charge in [0.1, 0.15) is 0 Å². The molecule has 0 spiro atoms. The molecular formula is C21H23N3O3S. The second-order valence-electron chi connectivity index (χ2n) is 7.22. The quantitative estimate of drug-likeness (QED) is 0.704. The summed E-state index contributed by atoms with van der Waals surface area (Å²) >= 11 is 0. The monoisotopic (exact) mass is 397 g/mol. The Hall–Kier alpha value is -2.64. The summed E-state index contributed by atoms with van der Waals surface area (Å²) in [4.78, 5) is 14.8. The van der Waals surface area contributed by atoms with Crippen LogP contribution in [-0.4, -0.2) is 36.7 Å². The number of hydrogen-bond acceptors (Lipinski definition) is 3. The molecule has 1 aromatic heterocycles. The number of carbonyl (C=O) groups is 1. The number of aromatic amines is 1. The molecule has 0 radical (unpaired) electrons. The third-order valence-electron chi connectivity index (χ3n) is 5.19. The summed E-state index contributed by atoms with van der Waals surface area (Å²) in [7, 11) is -3.57. The number of aromatic nitrogens is 1. The highest BCUT2D eigenvalue weighted by atomic mass is 32.2. The van der Waals surface area contributed by atoms with Gasteiger partial charge in [-0.1, -0.05) is 18.2 Å². The number of rotatable bonds is 4. The summed E-state index contributed by atoms with van der Waals surface area (Å²) in [5, 5.41) is 3.80. The van der Waals surface area contributed by atoms with E-state index in [4.69, 9.17) is 0 Å². The van der Waals surface area contributed by atoms with Gasteiger partial charge >= 0.3 is 0 Å². The maximum absolute atomic E-state index is 13.1. The molecule has 146 valence electrons. The Morgan fingerprint density at radius 1 is 1.14 bits per heavy atom. The van der Waals surface area contributed by atoms with E-state index in [9.17, 15) is 13.2 Å². The highest BCUT2D eigenvalue weighted by molar-refractivity contribution is 7.89. The number of fused-ring (bicyclic) bond motifs is 1. The number of para-hydroxylation sites is 1. The maximum atomic E-state index is 13.1. The molecule has 2 N–H and O–H groups in total. The van der Waals surface area contributed by atoms with Crippen molar-refractivity contribution in [3.8, 4) is 0 Å². The van der Waals surface area contributed by atoms with E-state index in [0.29, 0.717) is 18.8 Å². The third-order valence-corrected chi connectivity index (χ3v) is 7.07. The van der Waals surface area contributed by atoms with Crippen LogP contribution in [0, 0.1) is 0 Å². The molecule has 1 saturated heterocycles. The van der Waals surface area contributed by atoms with E-state index in [1.807, 2.05) is 18.2 Å². The van der Waals surface area contributed by atoms with Crippen LogP contribution < -0.4 is 5.32 Å². The smallest absolute Gasteiger partial charge is 0.243 e. The molecule has 3 aromatic rings. The molecule has 1 atom stereocenters. The summed E-state index contributed by atoms with van der Waals surface area (Å²) in [5.74, 6) is -0.0395. The van der Waals surface area contributed by atoms with Gasteiger partial charge in [0, 0.05) is 42.8 Å². The Balaban J connectivity index is 1.55. The lowest BCUT2D eigenvalue weighted by molar-refractivity contribution is -0.114. The molecule has 2 aromatic carbocycles. The Kier molecular flexibility index (Phi) is 4.95. The van der Waals surface area contributed by atoms with Gasteiger partial charge in [0.25, 0.3) is 0 Å². The summed E-state index contributed by atoms with van der Waals surface area (Å²) in [6, 6.07) is 16.5. The molecule has 1 aliphatic rings. The first-order valence-corrected chi connectivity index (χ1v) is 10.8. The number of nitrogens with one attached hydrogen (secondary N) is 2. The molecule has 1 aliphatic heterocycles. The minimum absolute atomic E-state index is 0.148. The second-order valence-corrected chi connectivity index (χ2v) is 9.16. The minimum atomic E-state index is -3.57. The fourth-order valence-electron chi connectivity index (χ4n) is 3.79. The van der Waals surface area contributed by atoms with Crippen molar-refractivity contribution in [2.24, 2.45) is 0 Å². The van der Waals surface area contributed by atoms with Crippen LogP contribution in [0.2, 0.25) is 0 Å². The molecule has 2 heterocycles. The summed E-state index contributed by atoms with van der Waals surface area (Å²) < 4.78 is 27.8. The van der Waals surface area contributed by atoms with Crippen molar-refractivity contribution in [2.75, 3.05) is 18.4 Å². The van der Waals surface area contributed by atoms with Crippen LogP contribution in [0.3, 0.4) is 0 Å². The number of H-pyrrole nitrogens is 1. The van der Waals surface area contributed by atoms with Crippen LogP contribution in [0.5, 0.6) is 0 Å². The van der Waals surface area contributed by atoms with Gasteiger partial charge in [-0.3, -0.25) is 4.79 Å². The maximum Gasteiger partial charge on any atom is 0.243 e. The molecule has 7 heteroatoms. The normalized spacial score (nSPS) is 18.2. The van der Waals surface area contributed by atoms with Crippen LogP contribution in [0.25, 0.3) is 10.9 Å². The number of sulfonamides is 1. The van der Waals surface area contributed by atoms with Crippen molar-refractivity contribution >= 4 is 32.5 Å². The number of benzene rings is 2. The van der Waals surface area contributed by atoms with E-state index >= 15 is 0 Å². The van der Waals surface area contributed by atoms with E-state index in [1.54, 1.807) is 28.6 Å². The number of amides is 1. The third kappa shape index (κ3) is 3.68. The first-order chi connectivity index (χ1) is 13.4. The minimum Gasteiger partial charge on any atom is -0.358 e. The Morgan fingerprint density at radius 3 is 2.61 bits per heavy atom. The Bertz CT molecular complexity index is 1070. The summed E-state index contributed by atoms with van der Waals surface area (Å²) in [5.41, 5.74) is 2.74. The van der Waals surface area contributed by atoms with Crippen LogP contribution in [0.4, 0.5) is 5.69 Å². The van der Waals surface area contributed by atoms with Gasteiger partial charge in [-0.25, -0.2) is 8.42 Å². The standard InChI is InChI=1S/C21H23N3O3S/c1-15(25)22-18-8-10-19(11-9-18)28(26,27)24-12-4-6-17(14-24)21-13-16-5-2-3-7-20(16)23-21/h2-3,5,7-11,13,17,23H,4,6,12,14H2,1H3,(H,22,25)/t17-/m1/s1. The number of hydrogen-bond donors (Lipinski definition) is 2. The molecule has 0 saturated carbocycles. The van der Waals surface area contributed by atoms with Gasteiger partial charge in [0.2, 0.25) is 15.9 Å². The van der Waals surface area contributed by atoms with Crippen molar-refractivity contribution in [3.63, 3.8) is 0 Å². The molecule has 0 aliphatic carbocycles. The number of anilines is 1.